The Balaban J connectivity index is 1.90. The van der Waals surface area contributed by atoms with E-state index in [1.807, 2.05) is 0 Å². The molecule has 1 saturated carbocycles. The third kappa shape index (κ3) is 5.92. The second kappa shape index (κ2) is 9.68. The molecule has 2 rings (SSSR count). The summed E-state index contributed by atoms with van der Waals surface area (Å²) < 4.78 is 34.0. The highest BCUT2D eigenvalue weighted by Crippen LogP contribution is 2.30. The number of benzene rings is 1. The number of hydrazine groups is 1. The van der Waals surface area contributed by atoms with E-state index in [4.69, 9.17) is 17.0 Å². The van der Waals surface area contributed by atoms with E-state index in [-0.39, 0.29) is 23.1 Å². The van der Waals surface area contributed by atoms with E-state index in [0.717, 1.165) is 12.8 Å². The number of hydrogen-bond donors (Lipinski definition) is 3. The molecule has 9 heteroatoms. The molecule has 1 aliphatic carbocycles. The first-order chi connectivity index (χ1) is 12.8. The highest BCUT2D eigenvalue weighted by Gasteiger charge is 2.27. The zero-order valence-electron chi connectivity index (χ0n) is 15.6. The van der Waals surface area contributed by atoms with Gasteiger partial charge in [0.15, 0.2) is 16.6 Å². The minimum Gasteiger partial charge on any atom is -0.493 e. The Kier molecular flexibility index (Phi) is 7.58. The molecule has 0 heterocycles. The minimum atomic E-state index is -2.98. The standard InChI is InChI=1S/C18H25F2N3O3S/c1-10-5-4-6-13(11(10)2)21-18(27)23-22-16(24)12-7-8-14(26-17(19)20)15(9-12)25-3/h7-11,13,17H,4-6H2,1-3H3,(H,22,24)(H2,21,23,27)/t10-,11-,13+/m1/s1. The number of methoxy groups -OCH3 is 1. The predicted molar refractivity (Wildman–Crippen MR) is 102 cm³/mol. The van der Waals surface area contributed by atoms with Crippen molar-refractivity contribution < 1.29 is 23.0 Å². The number of thiocarbonyl (C=S) groups is 1. The molecule has 0 aliphatic heterocycles. The van der Waals surface area contributed by atoms with Crippen molar-refractivity contribution in [2.24, 2.45) is 11.8 Å². The van der Waals surface area contributed by atoms with Crippen LogP contribution in [0.2, 0.25) is 0 Å². The number of nitrogens with one attached hydrogen (secondary N) is 3. The van der Waals surface area contributed by atoms with Crippen LogP contribution in [0.3, 0.4) is 0 Å². The topological polar surface area (TPSA) is 71.6 Å². The Labute approximate surface area is 163 Å². The number of ether oxygens (including phenoxy) is 2. The molecule has 1 aromatic carbocycles. The molecule has 0 unspecified atom stereocenters. The van der Waals surface area contributed by atoms with Crippen molar-refractivity contribution in [2.75, 3.05) is 7.11 Å². The lowest BCUT2D eigenvalue weighted by Crippen LogP contribution is -2.52. The molecule has 6 nitrogen and oxygen atoms in total. The maximum absolute atomic E-state index is 12.4. The van der Waals surface area contributed by atoms with Crippen molar-refractivity contribution in [3.63, 3.8) is 0 Å². The Bertz CT molecular complexity index is 675. The Morgan fingerprint density at radius 3 is 2.63 bits per heavy atom. The van der Waals surface area contributed by atoms with E-state index in [9.17, 15) is 13.6 Å². The van der Waals surface area contributed by atoms with Gasteiger partial charge >= 0.3 is 6.61 Å². The first kappa shape index (κ1) is 21.1. The highest BCUT2D eigenvalue weighted by molar-refractivity contribution is 7.80. The van der Waals surface area contributed by atoms with Gasteiger partial charge in [0.05, 0.1) is 7.11 Å². The quantitative estimate of drug-likeness (QED) is 0.520. The fourth-order valence-electron chi connectivity index (χ4n) is 3.18. The van der Waals surface area contributed by atoms with Crippen molar-refractivity contribution in [3.8, 4) is 11.5 Å². The number of amides is 1. The number of carbonyl (C=O) groups is 1. The second-order valence-electron chi connectivity index (χ2n) is 6.67. The van der Waals surface area contributed by atoms with E-state index in [0.29, 0.717) is 16.9 Å². The number of alkyl halides is 2. The molecule has 0 radical (unpaired) electrons. The van der Waals surface area contributed by atoms with Crippen molar-refractivity contribution in [1.29, 1.82) is 0 Å². The van der Waals surface area contributed by atoms with Gasteiger partial charge in [-0.15, -0.1) is 0 Å². The summed E-state index contributed by atoms with van der Waals surface area (Å²) in [4.78, 5) is 12.3. The molecule has 0 saturated heterocycles. The highest BCUT2D eigenvalue weighted by atomic mass is 32.1. The van der Waals surface area contributed by atoms with Crippen LogP contribution in [-0.2, 0) is 0 Å². The van der Waals surface area contributed by atoms with E-state index in [1.165, 1.54) is 31.7 Å². The molecule has 1 amide bonds. The summed E-state index contributed by atoms with van der Waals surface area (Å²) in [6, 6.07) is 4.19. The van der Waals surface area contributed by atoms with Crippen LogP contribution in [0.25, 0.3) is 0 Å². The summed E-state index contributed by atoms with van der Waals surface area (Å²) in [6.07, 6.45) is 3.39. The minimum absolute atomic E-state index is 0.0358. The summed E-state index contributed by atoms with van der Waals surface area (Å²) in [5, 5.41) is 3.57. The van der Waals surface area contributed by atoms with Gasteiger partial charge in [0.25, 0.3) is 5.91 Å². The zero-order valence-corrected chi connectivity index (χ0v) is 16.4. The van der Waals surface area contributed by atoms with Gasteiger partial charge in [0, 0.05) is 11.6 Å². The monoisotopic (exact) mass is 401 g/mol. The molecule has 3 atom stereocenters. The second-order valence-corrected chi connectivity index (χ2v) is 7.08. The van der Waals surface area contributed by atoms with Gasteiger partial charge in [0.2, 0.25) is 0 Å². The van der Waals surface area contributed by atoms with Crippen LogP contribution in [0.4, 0.5) is 8.78 Å². The van der Waals surface area contributed by atoms with Crippen LogP contribution in [0.15, 0.2) is 18.2 Å². The van der Waals surface area contributed by atoms with Gasteiger partial charge in [-0.2, -0.15) is 8.78 Å². The molecule has 0 bridgehead atoms. The van der Waals surface area contributed by atoms with Crippen molar-refractivity contribution in [2.45, 2.75) is 45.8 Å². The fourth-order valence-corrected chi connectivity index (χ4v) is 3.38. The van der Waals surface area contributed by atoms with E-state index >= 15 is 0 Å². The predicted octanol–water partition coefficient (Wildman–Crippen LogP) is 3.23. The molecule has 3 N–H and O–H groups in total. The summed E-state index contributed by atoms with van der Waals surface area (Å²) in [5.74, 6) is 0.519. The Morgan fingerprint density at radius 1 is 1.22 bits per heavy atom. The summed E-state index contributed by atoms with van der Waals surface area (Å²) in [7, 11) is 1.30. The molecule has 1 aromatic rings. The zero-order chi connectivity index (χ0) is 20.0. The molecule has 1 fully saturated rings. The van der Waals surface area contributed by atoms with Gasteiger partial charge in [-0.3, -0.25) is 15.6 Å². The molecule has 0 spiro atoms. The molecule has 0 aromatic heterocycles. The van der Waals surface area contributed by atoms with Gasteiger partial charge in [-0.05, 0) is 48.7 Å². The number of halogens is 2. The molecular formula is C18H25F2N3O3S. The molecule has 150 valence electrons. The van der Waals surface area contributed by atoms with E-state index < -0.39 is 12.5 Å². The third-order valence-corrected chi connectivity index (χ3v) is 5.17. The van der Waals surface area contributed by atoms with Crippen molar-refractivity contribution in [1.82, 2.24) is 16.2 Å². The maximum atomic E-state index is 12.4. The molecule has 1 aliphatic rings. The van der Waals surface area contributed by atoms with Crippen LogP contribution >= 0.6 is 12.2 Å². The van der Waals surface area contributed by atoms with Crippen molar-refractivity contribution in [3.05, 3.63) is 23.8 Å². The Morgan fingerprint density at radius 2 is 1.96 bits per heavy atom. The SMILES string of the molecule is COc1cc(C(=O)NNC(=S)N[C@H]2CCC[C@@H](C)[C@H]2C)ccc1OC(F)F. The molecular weight excluding hydrogens is 376 g/mol. The lowest BCUT2D eigenvalue weighted by molar-refractivity contribution is -0.0512. The van der Waals surface area contributed by atoms with Gasteiger partial charge in [0.1, 0.15) is 0 Å². The average molecular weight is 401 g/mol. The summed E-state index contributed by atoms with van der Waals surface area (Å²) >= 11 is 5.25. The third-order valence-electron chi connectivity index (χ3n) is 4.95. The normalized spacial score (nSPS) is 22.1. The summed E-state index contributed by atoms with van der Waals surface area (Å²) in [5.41, 5.74) is 5.38. The first-order valence-electron chi connectivity index (χ1n) is 8.81. The van der Waals surface area contributed by atoms with Gasteiger partial charge in [-0.1, -0.05) is 26.7 Å². The van der Waals surface area contributed by atoms with Crippen LogP contribution in [0.5, 0.6) is 11.5 Å². The fraction of sp³-hybridized carbons (Fsp3) is 0.556. The van der Waals surface area contributed by atoms with E-state index in [2.05, 4.69) is 34.8 Å². The van der Waals surface area contributed by atoms with Crippen LogP contribution in [0, 0.1) is 11.8 Å². The van der Waals surface area contributed by atoms with Gasteiger partial charge in [-0.25, -0.2) is 0 Å². The lowest BCUT2D eigenvalue weighted by Gasteiger charge is -2.35. The van der Waals surface area contributed by atoms with Crippen LogP contribution in [-0.4, -0.2) is 30.8 Å². The van der Waals surface area contributed by atoms with E-state index in [1.54, 1.807) is 0 Å². The smallest absolute Gasteiger partial charge is 0.387 e. The largest absolute Gasteiger partial charge is 0.493 e. The van der Waals surface area contributed by atoms with Gasteiger partial charge < -0.3 is 14.8 Å². The molecule has 27 heavy (non-hydrogen) atoms. The summed E-state index contributed by atoms with van der Waals surface area (Å²) in [6.45, 7) is 1.44. The number of hydrogen-bond acceptors (Lipinski definition) is 4. The maximum Gasteiger partial charge on any atom is 0.387 e. The van der Waals surface area contributed by atoms with Crippen molar-refractivity contribution >= 4 is 23.2 Å². The number of rotatable bonds is 5. The van der Waals surface area contributed by atoms with Crippen LogP contribution < -0.4 is 25.6 Å². The Hall–Kier alpha value is -2.16. The van der Waals surface area contributed by atoms with Crippen LogP contribution in [0.1, 0.15) is 43.5 Å². The average Bonchev–Trinajstić information content (AvgIpc) is 2.63. The first-order valence-corrected chi connectivity index (χ1v) is 9.22. The lowest BCUT2D eigenvalue weighted by atomic mass is 9.78. The number of carbonyl (C=O) groups excluding carboxylic acids is 1.